The number of carbonyl (C=O) groups excluding carboxylic acids is 2. The average molecular weight is 487 g/mol. The minimum absolute atomic E-state index is 0.0319. The van der Waals surface area contributed by atoms with Crippen LogP contribution in [-0.4, -0.2) is 36.7 Å². The Kier molecular flexibility index (Phi) is 6.01. The van der Waals surface area contributed by atoms with Gasteiger partial charge in [0.2, 0.25) is 5.76 Å². The minimum Gasteiger partial charge on any atom is -0.351 e. The smallest absolute Gasteiger partial charge is 0.351 e. The molecule has 2 N–H and O–H groups in total. The molecule has 0 aliphatic heterocycles. The summed E-state index contributed by atoms with van der Waals surface area (Å²) in [5.41, 5.74) is 0.584. The molecular weight excluding hydrogens is 467 g/mol. The highest BCUT2D eigenvalue weighted by atomic mass is 19.4. The van der Waals surface area contributed by atoms with Crippen LogP contribution in [0.4, 0.5) is 18.9 Å². The largest absolute Gasteiger partial charge is 0.416 e. The summed E-state index contributed by atoms with van der Waals surface area (Å²) in [6.45, 7) is 4.69. The predicted molar refractivity (Wildman–Crippen MR) is 118 cm³/mol. The Morgan fingerprint density at radius 2 is 1.86 bits per heavy atom. The maximum Gasteiger partial charge on any atom is 0.416 e. The van der Waals surface area contributed by atoms with Crippen molar-refractivity contribution < 1.29 is 27.3 Å². The van der Waals surface area contributed by atoms with Gasteiger partial charge in [0.05, 0.1) is 22.7 Å². The van der Waals surface area contributed by atoms with Gasteiger partial charge in [-0.1, -0.05) is 11.2 Å². The van der Waals surface area contributed by atoms with Gasteiger partial charge >= 0.3 is 6.18 Å². The maximum atomic E-state index is 13.1. The molecule has 0 unspecified atom stereocenters. The van der Waals surface area contributed by atoms with Crippen LogP contribution in [0.1, 0.15) is 56.5 Å². The second kappa shape index (κ2) is 8.81. The first-order valence-corrected chi connectivity index (χ1v) is 10.4. The number of amides is 2. The zero-order valence-corrected chi connectivity index (χ0v) is 19.1. The SMILES string of the molecule is Cc1ccc(NC(=O)c2cc([C@H](C)NC(=O)c3ncnc4c3c(C)nn4C)no2)cc1C(F)(F)F. The van der Waals surface area contributed by atoms with Gasteiger partial charge in [0, 0.05) is 18.8 Å². The van der Waals surface area contributed by atoms with Crippen LogP contribution in [0, 0.1) is 13.8 Å². The van der Waals surface area contributed by atoms with Gasteiger partial charge in [0.1, 0.15) is 17.7 Å². The number of hydrogen-bond donors (Lipinski definition) is 2. The molecule has 2 amide bonds. The third-order valence-electron chi connectivity index (χ3n) is 5.35. The first-order chi connectivity index (χ1) is 16.5. The Hall–Kier alpha value is -4.29. The fraction of sp³-hybridized carbons (Fsp3) is 0.273. The van der Waals surface area contributed by atoms with E-state index in [1.54, 1.807) is 25.6 Å². The third kappa shape index (κ3) is 4.69. The number of aromatic nitrogens is 5. The summed E-state index contributed by atoms with van der Waals surface area (Å²) in [7, 11) is 1.70. The summed E-state index contributed by atoms with van der Waals surface area (Å²) in [6.07, 6.45) is -3.29. The van der Waals surface area contributed by atoms with E-state index in [-0.39, 0.29) is 28.4 Å². The highest BCUT2D eigenvalue weighted by molar-refractivity contribution is 6.04. The Morgan fingerprint density at radius 3 is 2.57 bits per heavy atom. The van der Waals surface area contributed by atoms with Crippen LogP contribution in [0.5, 0.6) is 0 Å². The van der Waals surface area contributed by atoms with Gasteiger partial charge < -0.3 is 15.2 Å². The fourth-order valence-corrected chi connectivity index (χ4v) is 3.59. The van der Waals surface area contributed by atoms with Gasteiger partial charge in [0.15, 0.2) is 5.65 Å². The minimum atomic E-state index is -4.55. The van der Waals surface area contributed by atoms with E-state index in [0.717, 1.165) is 6.07 Å². The van der Waals surface area contributed by atoms with E-state index in [1.807, 2.05) is 0 Å². The Balaban J connectivity index is 1.48. The first-order valence-electron chi connectivity index (χ1n) is 10.4. The highest BCUT2D eigenvalue weighted by Crippen LogP contribution is 2.33. The van der Waals surface area contributed by atoms with E-state index >= 15 is 0 Å². The van der Waals surface area contributed by atoms with Crippen molar-refractivity contribution in [3.05, 3.63) is 64.6 Å². The normalized spacial score (nSPS) is 12.5. The Morgan fingerprint density at radius 1 is 1.11 bits per heavy atom. The van der Waals surface area contributed by atoms with Crippen LogP contribution in [0.25, 0.3) is 11.0 Å². The molecule has 13 heteroatoms. The predicted octanol–water partition coefficient (Wildman–Crippen LogP) is 3.73. The molecule has 0 saturated carbocycles. The Labute approximate surface area is 196 Å². The number of aryl methyl sites for hydroxylation is 3. The Bertz CT molecular complexity index is 1440. The number of nitrogens with one attached hydrogen (secondary N) is 2. The maximum absolute atomic E-state index is 13.1. The highest BCUT2D eigenvalue weighted by Gasteiger charge is 2.32. The summed E-state index contributed by atoms with van der Waals surface area (Å²) >= 11 is 0. The molecule has 0 spiro atoms. The van der Waals surface area contributed by atoms with E-state index in [2.05, 4.69) is 30.9 Å². The number of nitrogens with zero attached hydrogens (tertiary/aromatic N) is 5. The molecule has 10 nitrogen and oxygen atoms in total. The molecule has 0 saturated heterocycles. The van der Waals surface area contributed by atoms with Gasteiger partial charge in [-0.25, -0.2) is 9.97 Å². The van der Waals surface area contributed by atoms with Gasteiger partial charge in [-0.3, -0.25) is 14.3 Å². The molecule has 3 aromatic heterocycles. The number of fused-ring (bicyclic) bond motifs is 1. The van der Waals surface area contributed by atoms with Crippen molar-refractivity contribution in [2.24, 2.45) is 7.05 Å². The number of carbonyl (C=O) groups is 2. The van der Waals surface area contributed by atoms with Gasteiger partial charge in [0.25, 0.3) is 11.8 Å². The van der Waals surface area contributed by atoms with Gasteiger partial charge in [-0.05, 0) is 38.5 Å². The van der Waals surface area contributed by atoms with Crippen molar-refractivity contribution >= 4 is 28.5 Å². The van der Waals surface area contributed by atoms with E-state index in [4.69, 9.17) is 4.52 Å². The average Bonchev–Trinajstić information content (AvgIpc) is 3.39. The van der Waals surface area contributed by atoms with E-state index < -0.39 is 29.6 Å². The van der Waals surface area contributed by atoms with Crippen molar-refractivity contribution in [1.29, 1.82) is 0 Å². The number of benzene rings is 1. The second-order valence-corrected chi connectivity index (χ2v) is 7.92. The molecule has 0 bridgehead atoms. The molecule has 1 atom stereocenters. The zero-order valence-electron chi connectivity index (χ0n) is 19.1. The number of rotatable bonds is 5. The monoisotopic (exact) mass is 487 g/mol. The summed E-state index contributed by atoms with van der Waals surface area (Å²) in [5.74, 6) is -1.53. The van der Waals surface area contributed by atoms with Crippen molar-refractivity contribution in [3.63, 3.8) is 0 Å². The lowest BCUT2D eigenvalue weighted by Gasteiger charge is -2.12. The van der Waals surface area contributed by atoms with Crippen LogP contribution in [-0.2, 0) is 13.2 Å². The molecule has 1 aromatic carbocycles. The standard InChI is InChI=1S/C22H20F3N7O3/c1-10-5-6-13(7-14(10)22(23,24)25)29-20(33)16-8-15(31-35-16)11(2)28-21(34)18-17-12(3)30-32(4)19(17)27-9-26-18/h5-9,11H,1-4H3,(H,28,34)(H,29,33)/t11-/m0/s1. The van der Waals surface area contributed by atoms with Crippen LogP contribution < -0.4 is 10.6 Å². The van der Waals surface area contributed by atoms with E-state index in [1.165, 1.54) is 31.5 Å². The lowest BCUT2D eigenvalue weighted by molar-refractivity contribution is -0.138. The molecule has 4 rings (SSSR count). The summed E-state index contributed by atoms with van der Waals surface area (Å²) in [6, 6.07) is 4.08. The van der Waals surface area contributed by atoms with Crippen molar-refractivity contribution in [1.82, 2.24) is 30.2 Å². The fourth-order valence-electron chi connectivity index (χ4n) is 3.59. The van der Waals surface area contributed by atoms with Crippen molar-refractivity contribution in [2.45, 2.75) is 33.0 Å². The van der Waals surface area contributed by atoms with Crippen LogP contribution in [0.3, 0.4) is 0 Å². The van der Waals surface area contributed by atoms with Gasteiger partial charge in [-0.2, -0.15) is 18.3 Å². The molecule has 0 fully saturated rings. The van der Waals surface area contributed by atoms with Gasteiger partial charge in [-0.15, -0.1) is 0 Å². The molecule has 0 radical (unpaired) electrons. The first kappa shape index (κ1) is 23.9. The number of anilines is 1. The molecular formula is C22H20F3N7O3. The molecule has 182 valence electrons. The van der Waals surface area contributed by atoms with Crippen LogP contribution in [0.2, 0.25) is 0 Å². The summed E-state index contributed by atoms with van der Waals surface area (Å²) in [4.78, 5) is 33.6. The molecule has 0 aliphatic rings. The second-order valence-electron chi connectivity index (χ2n) is 7.92. The van der Waals surface area contributed by atoms with Crippen LogP contribution >= 0.6 is 0 Å². The molecule has 0 aliphatic carbocycles. The van der Waals surface area contributed by atoms with Crippen LogP contribution in [0.15, 0.2) is 35.1 Å². The molecule has 3 heterocycles. The van der Waals surface area contributed by atoms with E-state index in [9.17, 15) is 22.8 Å². The molecule has 35 heavy (non-hydrogen) atoms. The number of halogens is 3. The quantitative estimate of drug-likeness (QED) is 0.439. The van der Waals surface area contributed by atoms with E-state index in [0.29, 0.717) is 16.7 Å². The van der Waals surface area contributed by atoms with Crippen molar-refractivity contribution in [2.75, 3.05) is 5.32 Å². The zero-order chi connectivity index (χ0) is 25.5. The lowest BCUT2D eigenvalue weighted by Crippen LogP contribution is -2.28. The number of alkyl halides is 3. The summed E-state index contributed by atoms with van der Waals surface area (Å²) < 4.78 is 46.0. The van der Waals surface area contributed by atoms with Crippen molar-refractivity contribution in [3.8, 4) is 0 Å². The lowest BCUT2D eigenvalue weighted by atomic mass is 10.1. The summed E-state index contributed by atoms with van der Waals surface area (Å²) in [5, 5.41) is 13.6. The molecule has 4 aromatic rings. The number of hydrogen-bond acceptors (Lipinski definition) is 7. The third-order valence-corrected chi connectivity index (χ3v) is 5.35. The topological polar surface area (TPSA) is 128 Å².